The lowest BCUT2D eigenvalue weighted by Crippen LogP contribution is -2.07. The van der Waals surface area contributed by atoms with Crippen molar-refractivity contribution in [2.45, 2.75) is 19.5 Å². The summed E-state index contributed by atoms with van der Waals surface area (Å²) in [5.74, 6) is 0.135. The van der Waals surface area contributed by atoms with E-state index < -0.39 is 11.7 Å². The summed E-state index contributed by atoms with van der Waals surface area (Å²) in [6, 6.07) is 8.79. The SMILES string of the molecule is CCOC(=O)Cc1csc(NN=Cc2ccc(Oc3ccc(C(F)(F)F)cn3)cc2)n1. The van der Waals surface area contributed by atoms with Gasteiger partial charge < -0.3 is 9.47 Å². The fraction of sp³-hybridized carbons (Fsp3) is 0.200. The molecule has 0 radical (unpaired) electrons. The van der Waals surface area contributed by atoms with Crippen molar-refractivity contribution in [1.29, 1.82) is 0 Å². The van der Waals surface area contributed by atoms with Gasteiger partial charge in [-0.05, 0) is 42.8 Å². The number of hydrogen-bond donors (Lipinski definition) is 1. The molecule has 0 amide bonds. The van der Waals surface area contributed by atoms with Gasteiger partial charge in [-0.1, -0.05) is 0 Å². The average Bonchev–Trinajstić information content (AvgIpc) is 3.16. The summed E-state index contributed by atoms with van der Waals surface area (Å²) in [6.45, 7) is 2.06. The number of rotatable bonds is 8. The van der Waals surface area contributed by atoms with Gasteiger partial charge in [0.05, 0.1) is 30.5 Å². The van der Waals surface area contributed by atoms with Crippen LogP contribution in [0.2, 0.25) is 0 Å². The molecule has 0 aliphatic carbocycles. The Bertz CT molecular complexity index is 1040. The molecule has 0 saturated carbocycles. The molecule has 3 aromatic rings. The molecule has 1 aromatic carbocycles. The number of hydrogen-bond acceptors (Lipinski definition) is 8. The van der Waals surface area contributed by atoms with E-state index in [-0.39, 0.29) is 18.3 Å². The summed E-state index contributed by atoms with van der Waals surface area (Å²) in [4.78, 5) is 19.4. The molecule has 0 saturated heterocycles. The maximum atomic E-state index is 12.6. The molecule has 1 N–H and O–H groups in total. The van der Waals surface area contributed by atoms with Crippen LogP contribution in [0.25, 0.3) is 0 Å². The minimum atomic E-state index is -4.44. The molecule has 3 rings (SSSR count). The minimum absolute atomic E-state index is 0.0541. The Labute approximate surface area is 179 Å². The summed E-state index contributed by atoms with van der Waals surface area (Å²) < 4.78 is 48.0. The molecular weight excluding hydrogens is 433 g/mol. The molecular formula is C20H17F3N4O3S. The monoisotopic (exact) mass is 450 g/mol. The number of carbonyl (C=O) groups is 1. The van der Waals surface area contributed by atoms with Crippen LogP contribution >= 0.6 is 11.3 Å². The fourth-order valence-electron chi connectivity index (χ4n) is 2.31. The Kier molecular flexibility index (Phi) is 7.19. The predicted molar refractivity (Wildman–Crippen MR) is 109 cm³/mol. The molecule has 0 spiro atoms. The number of carbonyl (C=O) groups excluding carboxylic acids is 1. The molecule has 0 unspecified atom stereocenters. The van der Waals surface area contributed by atoms with E-state index in [1.54, 1.807) is 42.8 Å². The number of thiazole rings is 1. The van der Waals surface area contributed by atoms with E-state index in [0.29, 0.717) is 23.2 Å². The molecule has 2 aromatic heterocycles. The van der Waals surface area contributed by atoms with Gasteiger partial charge in [-0.15, -0.1) is 11.3 Å². The molecule has 11 heteroatoms. The Morgan fingerprint density at radius 3 is 2.65 bits per heavy atom. The number of ether oxygens (including phenoxy) is 2. The standard InChI is InChI=1S/C20H17F3N4O3S/c1-2-29-18(28)9-15-12-31-19(26-15)27-25-10-13-3-6-16(7-4-13)30-17-8-5-14(11-24-17)20(21,22)23/h3-8,10-12H,2,9H2,1H3,(H,26,27). The van der Waals surface area contributed by atoms with Gasteiger partial charge in [0.15, 0.2) is 0 Å². The van der Waals surface area contributed by atoms with Gasteiger partial charge in [0.1, 0.15) is 5.75 Å². The highest BCUT2D eigenvalue weighted by Gasteiger charge is 2.30. The van der Waals surface area contributed by atoms with Crippen LogP contribution in [0.4, 0.5) is 18.3 Å². The lowest BCUT2D eigenvalue weighted by Gasteiger charge is -2.08. The number of esters is 1. The third-order valence-electron chi connectivity index (χ3n) is 3.72. The second kappa shape index (κ2) is 10.0. The number of pyridine rings is 1. The van der Waals surface area contributed by atoms with Gasteiger partial charge in [0, 0.05) is 17.6 Å². The molecule has 0 aliphatic heterocycles. The molecule has 0 bridgehead atoms. The van der Waals surface area contributed by atoms with E-state index in [2.05, 4.69) is 20.5 Å². The molecule has 162 valence electrons. The summed E-state index contributed by atoms with van der Waals surface area (Å²) >= 11 is 1.31. The van der Waals surface area contributed by atoms with E-state index in [1.165, 1.54) is 11.3 Å². The normalized spacial score (nSPS) is 11.5. The fourth-order valence-corrected chi connectivity index (χ4v) is 2.97. The van der Waals surface area contributed by atoms with Crippen molar-refractivity contribution < 1.29 is 27.4 Å². The topological polar surface area (TPSA) is 85.7 Å². The lowest BCUT2D eigenvalue weighted by molar-refractivity contribution is -0.142. The summed E-state index contributed by atoms with van der Waals surface area (Å²) in [5, 5.41) is 6.36. The highest BCUT2D eigenvalue weighted by molar-refractivity contribution is 7.13. The number of benzene rings is 1. The summed E-state index contributed by atoms with van der Waals surface area (Å²) in [5.41, 5.74) is 3.29. The summed E-state index contributed by atoms with van der Waals surface area (Å²) in [6.07, 6.45) is -2.06. The summed E-state index contributed by atoms with van der Waals surface area (Å²) in [7, 11) is 0. The van der Waals surface area contributed by atoms with Crippen LogP contribution in [0.1, 0.15) is 23.7 Å². The van der Waals surface area contributed by atoms with Crippen molar-refractivity contribution in [3.8, 4) is 11.6 Å². The smallest absolute Gasteiger partial charge is 0.417 e. The highest BCUT2D eigenvalue weighted by Crippen LogP contribution is 2.30. The molecule has 0 atom stereocenters. The molecule has 0 aliphatic rings. The largest absolute Gasteiger partial charge is 0.466 e. The molecule has 0 fully saturated rings. The Balaban J connectivity index is 1.52. The van der Waals surface area contributed by atoms with Crippen LogP contribution in [0.3, 0.4) is 0 Å². The number of aromatic nitrogens is 2. The quantitative estimate of drug-likeness (QED) is 0.298. The van der Waals surface area contributed by atoms with Crippen molar-refractivity contribution in [3.05, 3.63) is 64.8 Å². The first-order valence-corrected chi connectivity index (χ1v) is 9.91. The maximum absolute atomic E-state index is 12.6. The molecule has 7 nitrogen and oxygen atoms in total. The first kappa shape index (κ1) is 22.2. The van der Waals surface area contributed by atoms with Crippen molar-refractivity contribution in [2.24, 2.45) is 5.10 Å². The first-order valence-electron chi connectivity index (χ1n) is 9.04. The third-order valence-corrected chi connectivity index (χ3v) is 4.52. The second-order valence-corrected chi connectivity index (χ2v) is 6.91. The van der Waals surface area contributed by atoms with Crippen LogP contribution < -0.4 is 10.2 Å². The Hall–Kier alpha value is -3.47. The maximum Gasteiger partial charge on any atom is 0.417 e. The van der Waals surface area contributed by atoms with Crippen LogP contribution in [-0.4, -0.2) is 28.8 Å². The van der Waals surface area contributed by atoms with Crippen molar-refractivity contribution in [2.75, 3.05) is 12.0 Å². The van der Waals surface area contributed by atoms with Gasteiger partial charge in [-0.2, -0.15) is 18.3 Å². The minimum Gasteiger partial charge on any atom is -0.466 e. The van der Waals surface area contributed by atoms with Crippen LogP contribution in [-0.2, 0) is 22.1 Å². The van der Waals surface area contributed by atoms with Gasteiger partial charge >= 0.3 is 12.1 Å². The number of alkyl halides is 3. The lowest BCUT2D eigenvalue weighted by atomic mass is 10.2. The average molecular weight is 450 g/mol. The zero-order valence-corrected chi connectivity index (χ0v) is 17.0. The van der Waals surface area contributed by atoms with Gasteiger partial charge in [0.2, 0.25) is 11.0 Å². The zero-order chi connectivity index (χ0) is 22.3. The Morgan fingerprint density at radius 2 is 2.00 bits per heavy atom. The number of anilines is 1. The Morgan fingerprint density at radius 1 is 1.23 bits per heavy atom. The van der Waals surface area contributed by atoms with Crippen LogP contribution in [0.15, 0.2) is 53.1 Å². The van der Waals surface area contributed by atoms with E-state index in [9.17, 15) is 18.0 Å². The van der Waals surface area contributed by atoms with E-state index in [1.807, 2.05) is 0 Å². The van der Waals surface area contributed by atoms with E-state index in [4.69, 9.17) is 9.47 Å². The predicted octanol–water partition coefficient (Wildman–Crippen LogP) is 4.90. The molecule has 2 heterocycles. The van der Waals surface area contributed by atoms with Gasteiger partial charge in [-0.3, -0.25) is 10.2 Å². The second-order valence-electron chi connectivity index (χ2n) is 6.05. The molecule has 31 heavy (non-hydrogen) atoms. The van der Waals surface area contributed by atoms with Gasteiger partial charge in [-0.25, -0.2) is 9.97 Å². The van der Waals surface area contributed by atoms with Crippen molar-refractivity contribution in [3.63, 3.8) is 0 Å². The van der Waals surface area contributed by atoms with Gasteiger partial charge in [0.25, 0.3) is 0 Å². The van der Waals surface area contributed by atoms with Crippen molar-refractivity contribution in [1.82, 2.24) is 9.97 Å². The third kappa shape index (κ3) is 6.78. The number of halogens is 3. The zero-order valence-electron chi connectivity index (χ0n) is 16.2. The number of hydrazone groups is 1. The highest BCUT2D eigenvalue weighted by atomic mass is 32.1. The number of nitrogens with one attached hydrogen (secondary N) is 1. The van der Waals surface area contributed by atoms with Crippen LogP contribution in [0.5, 0.6) is 11.6 Å². The van der Waals surface area contributed by atoms with E-state index in [0.717, 1.165) is 23.9 Å². The first-order chi connectivity index (χ1) is 14.8. The van der Waals surface area contributed by atoms with Crippen molar-refractivity contribution >= 4 is 28.7 Å². The van der Waals surface area contributed by atoms with Crippen LogP contribution in [0, 0.1) is 0 Å². The van der Waals surface area contributed by atoms with E-state index >= 15 is 0 Å². The number of nitrogens with zero attached hydrogens (tertiary/aromatic N) is 3.